The van der Waals surface area contributed by atoms with Crippen molar-refractivity contribution in [3.8, 4) is 0 Å². The van der Waals surface area contributed by atoms with Gasteiger partial charge in [-0.05, 0) is 48.9 Å². The van der Waals surface area contributed by atoms with Crippen molar-refractivity contribution < 1.29 is 17.9 Å². The standard InChI is InChI=1S/C21H26ClN3O4S/c1-30(27,28)25(20-5-2-4-17(22)16-20)11-3-6-21(26)23-18-7-9-19(10-8-18)24-12-14-29-15-13-24/h2,4-5,7-10,16H,3,6,11-15H2,1H3,(H,23,26). The Bertz CT molecular complexity index is 960. The normalized spacial score (nSPS) is 14.4. The number of rotatable bonds is 8. The van der Waals surface area contributed by atoms with E-state index in [-0.39, 0.29) is 18.9 Å². The summed E-state index contributed by atoms with van der Waals surface area (Å²) in [5.41, 5.74) is 2.30. The minimum absolute atomic E-state index is 0.159. The third-order valence-corrected chi connectivity index (χ3v) is 6.22. The van der Waals surface area contributed by atoms with Crippen molar-refractivity contribution >= 4 is 44.6 Å². The van der Waals surface area contributed by atoms with Crippen molar-refractivity contribution in [3.05, 3.63) is 53.6 Å². The maximum absolute atomic E-state index is 12.3. The third-order valence-electron chi connectivity index (χ3n) is 4.79. The van der Waals surface area contributed by atoms with Crippen molar-refractivity contribution in [2.75, 3.05) is 53.6 Å². The minimum Gasteiger partial charge on any atom is -0.378 e. The van der Waals surface area contributed by atoms with Gasteiger partial charge < -0.3 is 15.0 Å². The van der Waals surface area contributed by atoms with Crippen LogP contribution in [0.1, 0.15) is 12.8 Å². The van der Waals surface area contributed by atoms with Gasteiger partial charge in [-0.3, -0.25) is 9.10 Å². The van der Waals surface area contributed by atoms with E-state index in [2.05, 4.69) is 10.2 Å². The zero-order valence-corrected chi connectivity index (χ0v) is 18.5. The number of morpholine rings is 1. The number of halogens is 1. The van der Waals surface area contributed by atoms with Crippen molar-refractivity contribution in [1.82, 2.24) is 0 Å². The van der Waals surface area contributed by atoms with E-state index >= 15 is 0 Å². The third kappa shape index (κ3) is 6.35. The van der Waals surface area contributed by atoms with Crippen molar-refractivity contribution in [2.45, 2.75) is 12.8 Å². The molecule has 7 nitrogen and oxygen atoms in total. The van der Waals surface area contributed by atoms with Crippen LogP contribution < -0.4 is 14.5 Å². The highest BCUT2D eigenvalue weighted by atomic mass is 35.5. The van der Waals surface area contributed by atoms with Crippen LogP contribution in [0.3, 0.4) is 0 Å². The molecule has 0 unspecified atom stereocenters. The van der Waals surface area contributed by atoms with Gasteiger partial charge in [0.2, 0.25) is 15.9 Å². The Morgan fingerprint density at radius 3 is 2.50 bits per heavy atom. The maximum Gasteiger partial charge on any atom is 0.232 e. The lowest BCUT2D eigenvalue weighted by Crippen LogP contribution is -2.36. The number of amides is 1. The molecule has 2 aromatic rings. The molecule has 1 aliphatic heterocycles. The highest BCUT2D eigenvalue weighted by molar-refractivity contribution is 7.92. The van der Waals surface area contributed by atoms with E-state index in [1.54, 1.807) is 24.3 Å². The number of anilines is 3. The van der Waals surface area contributed by atoms with Crippen LogP contribution in [0.15, 0.2) is 48.5 Å². The second-order valence-electron chi connectivity index (χ2n) is 7.11. The van der Waals surface area contributed by atoms with Gasteiger partial charge >= 0.3 is 0 Å². The summed E-state index contributed by atoms with van der Waals surface area (Å²) in [5.74, 6) is -0.159. The molecule has 1 heterocycles. The Kier molecular flexibility index (Phi) is 7.58. The molecule has 1 N–H and O–H groups in total. The molecule has 1 amide bonds. The lowest BCUT2D eigenvalue weighted by atomic mass is 10.2. The molecule has 162 valence electrons. The van der Waals surface area contributed by atoms with Crippen LogP contribution in [0.4, 0.5) is 17.1 Å². The van der Waals surface area contributed by atoms with Gasteiger partial charge in [0.05, 0.1) is 25.2 Å². The molecule has 0 spiro atoms. The summed E-state index contributed by atoms with van der Waals surface area (Å²) in [7, 11) is -3.48. The second-order valence-corrected chi connectivity index (χ2v) is 9.46. The zero-order chi connectivity index (χ0) is 21.6. The fourth-order valence-electron chi connectivity index (χ4n) is 3.30. The van der Waals surface area contributed by atoms with E-state index in [0.717, 1.165) is 38.2 Å². The first-order chi connectivity index (χ1) is 14.3. The molecule has 0 bridgehead atoms. The monoisotopic (exact) mass is 451 g/mol. The van der Waals surface area contributed by atoms with Crippen LogP contribution in [-0.2, 0) is 19.6 Å². The molecular formula is C21H26ClN3O4S. The summed E-state index contributed by atoms with van der Waals surface area (Å²) in [6.45, 7) is 3.35. The predicted molar refractivity (Wildman–Crippen MR) is 121 cm³/mol. The summed E-state index contributed by atoms with van der Waals surface area (Å²) in [5, 5.41) is 3.32. The SMILES string of the molecule is CS(=O)(=O)N(CCCC(=O)Nc1ccc(N2CCOCC2)cc1)c1cccc(Cl)c1. The first kappa shape index (κ1) is 22.4. The first-order valence-electron chi connectivity index (χ1n) is 9.79. The Morgan fingerprint density at radius 1 is 1.17 bits per heavy atom. The van der Waals surface area contributed by atoms with Crippen LogP contribution in [0, 0.1) is 0 Å². The van der Waals surface area contributed by atoms with E-state index < -0.39 is 10.0 Å². The predicted octanol–water partition coefficient (Wildman–Crippen LogP) is 3.36. The Balaban J connectivity index is 1.52. The summed E-state index contributed by atoms with van der Waals surface area (Å²) in [4.78, 5) is 14.5. The Hall–Kier alpha value is -2.29. The molecule has 0 atom stereocenters. The van der Waals surface area contributed by atoms with Gasteiger partial charge in [0, 0.05) is 42.5 Å². The number of hydrogen-bond acceptors (Lipinski definition) is 5. The molecule has 0 saturated carbocycles. The van der Waals surface area contributed by atoms with Gasteiger partial charge in [0.1, 0.15) is 0 Å². The van der Waals surface area contributed by atoms with Gasteiger partial charge in [-0.25, -0.2) is 8.42 Å². The number of ether oxygens (including phenoxy) is 1. The van der Waals surface area contributed by atoms with Crippen molar-refractivity contribution in [1.29, 1.82) is 0 Å². The van der Waals surface area contributed by atoms with Crippen LogP contribution in [0.25, 0.3) is 0 Å². The fraction of sp³-hybridized carbons (Fsp3) is 0.381. The number of nitrogens with one attached hydrogen (secondary N) is 1. The number of hydrogen-bond donors (Lipinski definition) is 1. The van der Waals surface area contributed by atoms with Crippen LogP contribution in [0.5, 0.6) is 0 Å². The van der Waals surface area contributed by atoms with Gasteiger partial charge in [0.15, 0.2) is 0 Å². The van der Waals surface area contributed by atoms with Crippen LogP contribution in [-0.4, -0.2) is 53.4 Å². The molecule has 0 aromatic heterocycles. The number of carbonyl (C=O) groups excluding carboxylic acids is 1. The summed E-state index contributed by atoms with van der Waals surface area (Å²) in [6.07, 6.45) is 1.74. The molecular weight excluding hydrogens is 426 g/mol. The molecule has 0 aliphatic carbocycles. The molecule has 9 heteroatoms. The first-order valence-corrected chi connectivity index (χ1v) is 12.0. The van der Waals surface area contributed by atoms with E-state index in [9.17, 15) is 13.2 Å². The molecule has 1 aliphatic rings. The number of carbonyl (C=O) groups is 1. The second kappa shape index (κ2) is 10.1. The van der Waals surface area contributed by atoms with Gasteiger partial charge in [-0.2, -0.15) is 0 Å². The molecule has 30 heavy (non-hydrogen) atoms. The summed E-state index contributed by atoms with van der Waals surface area (Å²) >= 11 is 5.98. The lowest BCUT2D eigenvalue weighted by molar-refractivity contribution is -0.116. The van der Waals surface area contributed by atoms with Gasteiger partial charge in [-0.1, -0.05) is 17.7 Å². The van der Waals surface area contributed by atoms with Crippen molar-refractivity contribution in [2.24, 2.45) is 0 Å². The van der Waals surface area contributed by atoms with Crippen LogP contribution in [0.2, 0.25) is 5.02 Å². The molecule has 0 radical (unpaired) electrons. The van der Waals surface area contributed by atoms with Gasteiger partial charge in [-0.15, -0.1) is 0 Å². The van der Waals surface area contributed by atoms with E-state index in [4.69, 9.17) is 16.3 Å². The van der Waals surface area contributed by atoms with E-state index in [0.29, 0.717) is 22.8 Å². The highest BCUT2D eigenvalue weighted by Gasteiger charge is 2.18. The topological polar surface area (TPSA) is 79.0 Å². The Labute approximate surface area is 182 Å². The molecule has 3 rings (SSSR count). The minimum atomic E-state index is -3.48. The number of nitrogens with zero attached hydrogens (tertiary/aromatic N) is 2. The quantitative estimate of drug-likeness (QED) is 0.665. The number of sulfonamides is 1. The van der Waals surface area contributed by atoms with E-state index in [1.807, 2.05) is 24.3 Å². The Morgan fingerprint density at radius 2 is 1.87 bits per heavy atom. The fourth-order valence-corrected chi connectivity index (χ4v) is 4.44. The molecule has 2 aromatic carbocycles. The van der Waals surface area contributed by atoms with Gasteiger partial charge in [0.25, 0.3) is 0 Å². The summed E-state index contributed by atoms with van der Waals surface area (Å²) in [6, 6.07) is 14.4. The number of benzene rings is 2. The average molecular weight is 452 g/mol. The highest BCUT2D eigenvalue weighted by Crippen LogP contribution is 2.23. The maximum atomic E-state index is 12.3. The van der Waals surface area contributed by atoms with Crippen molar-refractivity contribution in [3.63, 3.8) is 0 Å². The average Bonchev–Trinajstić information content (AvgIpc) is 2.71. The smallest absolute Gasteiger partial charge is 0.232 e. The zero-order valence-electron chi connectivity index (χ0n) is 16.9. The lowest BCUT2D eigenvalue weighted by Gasteiger charge is -2.28. The van der Waals surface area contributed by atoms with Crippen LogP contribution >= 0.6 is 11.6 Å². The largest absolute Gasteiger partial charge is 0.378 e. The molecule has 1 fully saturated rings. The molecule has 1 saturated heterocycles. The van der Waals surface area contributed by atoms with E-state index in [1.165, 1.54) is 4.31 Å². The summed E-state index contributed by atoms with van der Waals surface area (Å²) < 4.78 is 30.9.